The van der Waals surface area contributed by atoms with Gasteiger partial charge in [-0.2, -0.15) is 0 Å². The molecule has 1 fully saturated rings. The predicted octanol–water partition coefficient (Wildman–Crippen LogP) is 2.32. The van der Waals surface area contributed by atoms with Crippen LogP contribution in [0.15, 0.2) is 18.2 Å². The number of hydrogen-bond donors (Lipinski definition) is 0. The number of aldehydes is 1. The summed E-state index contributed by atoms with van der Waals surface area (Å²) in [5.74, 6) is -0.0158. The van der Waals surface area contributed by atoms with Crippen LogP contribution in [0.25, 0.3) is 0 Å². The highest BCUT2D eigenvalue weighted by Crippen LogP contribution is 2.34. The number of rotatable bonds is 3. The normalized spacial score (nSPS) is 19.6. The Balaban J connectivity index is 2.37. The molecule has 0 bridgehead atoms. The van der Waals surface area contributed by atoms with E-state index in [1.54, 1.807) is 6.07 Å². The van der Waals surface area contributed by atoms with Gasteiger partial charge in [0.25, 0.3) is 5.69 Å². The van der Waals surface area contributed by atoms with Gasteiger partial charge in [0.2, 0.25) is 0 Å². The summed E-state index contributed by atoms with van der Waals surface area (Å²) >= 11 is 0. The van der Waals surface area contributed by atoms with Crippen LogP contribution >= 0.6 is 0 Å². The monoisotopic (exact) mass is 248 g/mol. The second kappa shape index (κ2) is 5.16. The number of nitro groups is 1. The molecule has 0 aromatic heterocycles. The summed E-state index contributed by atoms with van der Waals surface area (Å²) in [6, 6.07) is 5.08. The molecule has 1 aliphatic heterocycles. The van der Waals surface area contributed by atoms with Crippen LogP contribution in [0, 0.1) is 23.0 Å². The third-order valence-corrected chi connectivity index (χ3v) is 3.38. The maximum Gasteiger partial charge on any atom is 0.292 e. The molecule has 96 valence electrons. The van der Waals surface area contributed by atoms with Gasteiger partial charge >= 0.3 is 0 Å². The fraction of sp³-hybridized carbons (Fsp3) is 0.462. The van der Waals surface area contributed by atoms with Crippen LogP contribution in [0.1, 0.15) is 18.4 Å². The van der Waals surface area contributed by atoms with Gasteiger partial charge in [0.1, 0.15) is 12.0 Å². The van der Waals surface area contributed by atoms with Crippen LogP contribution in [0.4, 0.5) is 11.4 Å². The second-order valence-electron chi connectivity index (χ2n) is 4.68. The highest BCUT2D eigenvalue weighted by Gasteiger charge is 2.26. The van der Waals surface area contributed by atoms with Crippen molar-refractivity contribution in [3.8, 4) is 0 Å². The van der Waals surface area contributed by atoms with Crippen LogP contribution in [-0.4, -0.2) is 24.3 Å². The first-order valence-electron chi connectivity index (χ1n) is 6.07. The molecule has 1 aromatic rings. The zero-order valence-electron chi connectivity index (χ0n) is 10.3. The molecule has 5 nitrogen and oxygen atoms in total. The van der Waals surface area contributed by atoms with Crippen LogP contribution in [0.3, 0.4) is 0 Å². The summed E-state index contributed by atoms with van der Waals surface area (Å²) in [4.78, 5) is 23.6. The number of aryl methyl sites for hydroxylation is 1. The van der Waals surface area contributed by atoms with E-state index in [-0.39, 0.29) is 16.5 Å². The number of benzene rings is 1. The van der Waals surface area contributed by atoms with Crippen LogP contribution in [-0.2, 0) is 4.79 Å². The smallest absolute Gasteiger partial charge is 0.292 e. The summed E-state index contributed by atoms with van der Waals surface area (Å²) in [7, 11) is 0. The molecule has 1 saturated heterocycles. The summed E-state index contributed by atoms with van der Waals surface area (Å²) < 4.78 is 0. The van der Waals surface area contributed by atoms with E-state index in [1.807, 2.05) is 17.9 Å². The fourth-order valence-electron chi connectivity index (χ4n) is 2.53. The van der Waals surface area contributed by atoms with Crippen molar-refractivity contribution in [2.45, 2.75) is 19.8 Å². The topological polar surface area (TPSA) is 63.5 Å². The molecule has 0 spiro atoms. The fourth-order valence-corrected chi connectivity index (χ4v) is 2.53. The molecule has 0 amide bonds. The Kier molecular flexibility index (Phi) is 3.60. The van der Waals surface area contributed by atoms with Crippen molar-refractivity contribution < 1.29 is 9.72 Å². The van der Waals surface area contributed by atoms with E-state index < -0.39 is 0 Å². The summed E-state index contributed by atoms with van der Waals surface area (Å²) in [5, 5.41) is 11.1. The molecule has 5 heteroatoms. The van der Waals surface area contributed by atoms with E-state index in [4.69, 9.17) is 0 Å². The highest BCUT2D eigenvalue weighted by molar-refractivity contribution is 5.69. The second-order valence-corrected chi connectivity index (χ2v) is 4.68. The Hall–Kier alpha value is -1.91. The van der Waals surface area contributed by atoms with Crippen LogP contribution < -0.4 is 4.90 Å². The number of carbonyl (C=O) groups is 1. The number of anilines is 1. The largest absolute Gasteiger partial charge is 0.365 e. The average Bonchev–Trinajstić information content (AvgIpc) is 2.38. The zero-order valence-corrected chi connectivity index (χ0v) is 10.3. The van der Waals surface area contributed by atoms with Crippen molar-refractivity contribution in [3.05, 3.63) is 33.9 Å². The number of nitrogens with zero attached hydrogens (tertiary/aromatic N) is 2. The molecule has 1 unspecified atom stereocenters. The van der Waals surface area contributed by atoms with Gasteiger partial charge < -0.3 is 9.69 Å². The van der Waals surface area contributed by atoms with Crippen molar-refractivity contribution in [1.82, 2.24) is 0 Å². The van der Waals surface area contributed by atoms with Crippen LogP contribution in [0.2, 0.25) is 0 Å². The molecule has 0 saturated carbocycles. The molecule has 2 rings (SSSR count). The molecule has 1 heterocycles. The predicted molar refractivity (Wildman–Crippen MR) is 68.8 cm³/mol. The van der Waals surface area contributed by atoms with Gasteiger partial charge in [-0.15, -0.1) is 0 Å². The summed E-state index contributed by atoms with van der Waals surface area (Å²) in [6.45, 7) is 3.22. The number of nitro benzene ring substituents is 1. The lowest BCUT2D eigenvalue weighted by atomic mass is 9.98. The van der Waals surface area contributed by atoms with Gasteiger partial charge in [-0.25, -0.2) is 0 Å². The van der Waals surface area contributed by atoms with Crippen molar-refractivity contribution in [1.29, 1.82) is 0 Å². The minimum atomic E-state index is -0.354. The number of carbonyl (C=O) groups excluding carboxylic acids is 1. The molecular formula is C13H16N2O3. The van der Waals surface area contributed by atoms with Crippen molar-refractivity contribution >= 4 is 17.7 Å². The van der Waals surface area contributed by atoms with Crippen molar-refractivity contribution in [2.75, 3.05) is 18.0 Å². The molecule has 1 aliphatic rings. The zero-order chi connectivity index (χ0) is 13.1. The Morgan fingerprint density at radius 1 is 1.50 bits per heavy atom. The Morgan fingerprint density at radius 2 is 2.28 bits per heavy atom. The molecule has 1 aromatic carbocycles. The summed E-state index contributed by atoms with van der Waals surface area (Å²) in [6.07, 6.45) is 2.73. The Labute approximate surface area is 106 Å². The molecular weight excluding hydrogens is 232 g/mol. The molecule has 0 N–H and O–H groups in total. The van der Waals surface area contributed by atoms with E-state index in [9.17, 15) is 14.9 Å². The van der Waals surface area contributed by atoms with Gasteiger partial charge in [-0.3, -0.25) is 10.1 Å². The number of para-hydroxylation sites is 1. The lowest BCUT2D eigenvalue weighted by molar-refractivity contribution is -0.384. The van der Waals surface area contributed by atoms with Gasteiger partial charge in [0, 0.05) is 25.1 Å². The Morgan fingerprint density at radius 3 is 2.94 bits per heavy atom. The van der Waals surface area contributed by atoms with Gasteiger partial charge in [-0.05, 0) is 25.3 Å². The lowest BCUT2D eigenvalue weighted by Gasteiger charge is -2.32. The SMILES string of the molecule is Cc1cccc([N+](=O)[O-])c1N1CCCC(C=O)C1. The van der Waals surface area contributed by atoms with Gasteiger partial charge in [0.15, 0.2) is 0 Å². The van der Waals surface area contributed by atoms with Gasteiger partial charge in [-0.1, -0.05) is 12.1 Å². The quantitative estimate of drug-likeness (QED) is 0.468. The third-order valence-electron chi connectivity index (χ3n) is 3.38. The molecule has 0 radical (unpaired) electrons. The molecule has 1 atom stereocenters. The lowest BCUT2D eigenvalue weighted by Crippen LogP contribution is -2.36. The van der Waals surface area contributed by atoms with Crippen LogP contribution in [0.5, 0.6) is 0 Å². The van der Waals surface area contributed by atoms with E-state index in [1.165, 1.54) is 6.07 Å². The third kappa shape index (κ3) is 2.34. The highest BCUT2D eigenvalue weighted by atomic mass is 16.6. The summed E-state index contributed by atoms with van der Waals surface area (Å²) in [5.41, 5.74) is 1.67. The van der Waals surface area contributed by atoms with Crippen molar-refractivity contribution in [2.24, 2.45) is 5.92 Å². The molecule has 18 heavy (non-hydrogen) atoms. The maximum atomic E-state index is 11.1. The molecule has 0 aliphatic carbocycles. The maximum absolute atomic E-state index is 11.1. The van der Waals surface area contributed by atoms with Crippen molar-refractivity contribution in [3.63, 3.8) is 0 Å². The minimum Gasteiger partial charge on any atom is -0.365 e. The van der Waals surface area contributed by atoms with E-state index >= 15 is 0 Å². The first kappa shape index (κ1) is 12.5. The number of hydrogen-bond acceptors (Lipinski definition) is 4. The average molecular weight is 248 g/mol. The minimum absolute atomic E-state index is 0.0158. The van der Waals surface area contributed by atoms with E-state index in [0.29, 0.717) is 12.2 Å². The first-order chi connectivity index (χ1) is 8.63. The first-order valence-corrected chi connectivity index (χ1v) is 6.07. The Bertz CT molecular complexity index is 473. The van der Waals surface area contributed by atoms with E-state index in [2.05, 4.69) is 0 Å². The standard InChI is InChI=1S/C13H16N2O3/c1-10-4-2-6-12(15(17)18)13(10)14-7-3-5-11(8-14)9-16/h2,4,6,9,11H,3,5,7-8H2,1H3. The van der Waals surface area contributed by atoms with Gasteiger partial charge in [0.05, 0.1) is 4.92 Å². The number of piperidine rings is 1. The van der Waals surface area contributed by atoms with E-state index in [0.717, 1.165) is 31.2 Å².